The molecular formula is C32H39N7O6. The van der Waals surface area contributed by atoms with E-state index in [4.69, 9.17) is 15.9 Å². The third kappa shape index (κ3) is 8.25. The highest BCUT2D eigenvalue weighted by atomic mass is 16.4. The van der Waals surface area contributed by atoms with Gasteiger partial charge in [-0.25, -0.2) is 9.78 Å². The molecule has 0 radical (unpaired) electrons. The molecule has 0 aliphatic carbocycles. The minimum atomic E-state index is -1.21. The first-order valence-electron chi connectivity index (χ1n) is 14.8. The minimum absolute atomic E-state index is 0.0546. The molecule has 0 saturated heterocycles. The summed E-state index contributed by atoms with van der Waals surface area (Å²) in [6.45, 7) is 6.46. The third-order valence-electron chi connectivity index (χ3n) is 7.54. The molecule has 2 aromatic carbocycles. The maximum Gasteiger partial charge on any atom is 0.326 e. The number of aliphatic imine (C=N–C) groups is 1. The molecule has 3 aromatic rings. The van der Waals surface area contributed by atoms with Crippen molar-refractivity contribution in [3.63, 3.8) is 0 Å². The largest absolute Gasteiger partial charge is 0.480 e. The van der Waals surface area contributed by atoms with Crippen LogP contribution in [0.4, 0.5) is 5.69 Å². The van der Waals surface area contributed by atoms with E-state index >= 15 is 0 Å². The molecule has 4 rings (SSSR count). The summed E-state index contributed by atoms with van der Waals surface area (Å²) >= 11 is 0. The Labute approximate surface area is 261 Å². The summed E-state index contributed by atoms with van der Waals surface area (Å²) in [5.41, 5.74) is 13.6. The van der Waals surface area contributed by atoms with Crippen LogP contribution in [-0.2, 0) is 16.1 Å². The number of anilines is 1. The van der Waals surface area contributed by atoms with Crippen molar-refractivity contribution in [2.45, 2.75) is 64.6 Å². The lowest BCUT2D eigenvalue weighted by atomic mass is 9.98. The summed E-state index contributed by atoms with van der Waals surface area (Å²) in [5.74, 6) is -2.60. The molecule has 1 aromatic heterocycles. The Morgan fingerprint density at radius 2 is 1.78 bits per heavy atom. The number of benzene rings is 2. The van der Waals surface area contributed by atoms with Gasteiger partial charge >= 0.3 is 5.97 Å². The van der Waals surface area contributed by atoms with Crippen molar-refractivity contribution < 1.29 is 28.7 Å². The second-order valence-corrected chi connectivity index (χ2v) is 11.4. The van der Waals surface area contributed by atoms with Crippen molar-refractivity contribution in [1.29, 1.82) is 0 Å². The fourth-order valence-electron chi connectivity index (χ4n) is 5.09. The normalized spacial score (nSPS) is 14.4. The summed E-state index contributed by atoms with van der Waals surface area (Å²) in [7, 11) is 0. The van der Waals surface area contributed by atoms with Crippen LogP contribution in [0.2, 0.25) is 0 Å². The number of oxazole rings is 1. The zero-order valence-electron chi connectivity index (χ0n) is 25.5. The number of carbonyl (C=O) groups excluding carboxylic acids is 3. The molecule has 3 atom stereocenters. The number of carboxylic acid groups (broad SMARTS) is 1. The van der Waals surface area contributed by atoms with Crippen molar-refractivity contribution in [1.82, 2.24) is 15.6 Å². The van der Waals surface area contributed by atoms with Gasteiger partial charge in [0.1, 0.15) is 18.3 Å². The number of carboxylic acids is 1. The standard InChI is InChI=1S/C32H39N7O6/c1-18(2)15-25(29-38-26(17-45-29)28(41)36-24(31(43)44)9-6-14-35-32(33)34)37-27(40)19(3)20-10-12-22(13-11-20)39-16-21-7-4-5-8-23(21)30(39)42/h4-5,7-8,10-13,17-19,24-25H,6,9,14-16H2,1-3H3,(H,36,41)(H,37,40)(H,43,44)(H4,33,34,35)/t19?,24-,25-/m0/s1. The summed E-state index contributed by atoms with van der Waals surface area (Å²) < 4.78 is 5.59. The van der Waals surface area contributed by atoms with Crippen molar-refractivity contribution in [3.05, 3.63) is 83.1 Å². The Kier molecular flexibility index (Phi) is 10.6. The van der Waals surface area contributed by atoms with Gasteiger partial charge in [0, 0.05) is 17.8 Å². The Hall–Kier alpha value is -5.20. The summed E-state index contributed by atoms with van der Waals surface area (Å²) in [5, 5.41) is 15.0. The second kappa shape index (κ2) is 14.5. The fourth-order valence-corrected chi connectivity index (χ4v) is 5.09. The first kappa shape index (κ1) is 32.7. The van der Waals surface area contributed by atoms with Crippen LogP contribution in [0.3, 0.4) is 0 Å². The highest BCUT2D eigenvalue weighted by molar-refractivity contribution is 6.10. The average Bonchev–Trinajstić information content (AvgIpc) is 3.63. The van der Waals surface area contributed by atoms with E-state index in [2.05, 4.69) is 20.6 Å². The zero-order valence-corrected chi connectivity index (χ0v) is 25.5. The Balaban J connectivity index is 1.40. The van der Waals surface area contributed by atoms with Gasteiger partial charge in [-0.3, -0.25) is 19.4 Å². The highest BCUT2D eigenvalue weighted by Gasteiger charge is 2.29. The van der Waals surface area contributed by atoms with Crippen molar-refractivity contribution in [2.24, 2.45) is 22.4 Å². The molecule has 7 N–H and O–H groups in total. The van der Waals surface area contributed by atoms with Gasteiger partial charge in [-0.1, -0.05) is 44.2 Å². The summed E-state index contributed by atoms with van der Waals surface area (Å²) in [6.07, 6.45) is 2.07. The fraction of sp³-hybridized carbons (Fsp3) is 0.375. The SMILES string of the molecule is CC(C)C[C@H](NC(=O)C(C)c1ccc(N2Cc3ccccc3C2=O)cc1)c1nc(C(=O)N[C@@H](CCCN=C(N)N)C(=O)O)co1. The van der Waals surface area contributed by atoms with Crippen LogP contribution < -0.4 is 27.0 Å². The summed E-state index contributed by atoms with van der Waals surface area (Å²) in [6, 6.07) is 13.0. The van der Waals surface area contributed by atoms with Gasteiger partial charge in [-0.15, -0.1) is 0 Å². The van der Waals surface area contributed by atoms with Crippen LogP contribution in [0, 0.1) is 5.92 Å². The van der Waals surface area contributed by atoms with E-state index in [0.717, 1.165) is 23.1 Å². The molecule has 13 nitrogen and oxygen atoms in total. The van der Waals surface area contributed by atoms with E-state index in [1.807, 2.05) is 62.4 Å². The topological polar surface area (TPSA) is 206 Å². The highest BCUT2D eigenvalue weighted by Crippen LogP contribution is 2.30. The minimum Gasteiger partial charge on any atom is -0.480 e. The molecule has 0 saturated carbocycles. The number of hydrogen-bond donors (Lipinski definition) is 5. The number of nitrogens with zero attached hydrogens (tertiary/aromatic N) is 3. The quantitative estimate of drug-likeness (QED) is 0.102. The first-order chi connectivity index (χ1) is 21.4. The molecule has 13 heteroatoms. The van der Waals surface area contributed by atoms with E-state index in [0.29, 0.717) is 24.9 Å². The van der Waals surface area contributed by atoms with Gasteiger partial charge in [0.25, 0.3) is 11.8 Å². The predicted octanol–water partition coefficient (Wildman–Crippen LogP) is 3.08. The molecule has 0 spiro atoms. The Morgan fingerprint density at radius 1 is 1.07 bits per heavy atom. The number of aromatic nitrogens is 1. The lowest BCUT2D eigenvalue weighted by Crippen LogP contribution is -2.41. The van der Waals surface area contributed by atoms with E-state index in [1.54, 1.807) is 11.8 Å². The van der Waals surface area contributed by atoms with Gasteiger partial charge in [0.05, 0.1) is 12.5 Å². The van der Waals surface area contributed by atoms with Crippen molar-refractivity contribution in [2.75, 3.05) is 11.4 Å². The smallest absolute Gasteiger partial charge is 0.326 e. The number of guanidine groups is 1. The second-order valence-electron chi connectivity index (χ2n) is 11.4. The monoisotopic (exact) mass is 617 g/mol. The van der Waals surface area contributed by atoms with Crippen LogP contribution in [0.1, 0.15) is 89.9 Å². The van der Waals surface area contributed by atoms with Gasteiger partial charge in [0.2, 0.25) is 11.8 Å². The molecule has 238 valence electrons. The third-order valence-corrected chi connectivity index (χ3v) is 7.54. The number of hydrogen-bond acceptors (Lipinski definition) is 7. The van der Waals surface area contributed by atoms with E-state index in [-0.39, 0.29) is 48.2 Å². The van der Waals surface area contributed by atoms with Crippen LogP contribution in [-0.4, -0.2) is 52.3 Å². The molecular weight excluding hydrogens is 578 g/mol. The molecule has 3 amide bonds. The lowest BCUT2D eigenvalue weighted by Gasteiger charge is -2.21. The maximum atomic E-state index is 13.4. The zero-order chi connectivity index (χ0) is 32.7. The van der Waals surface area contributed by atoms with Gasteiger partial charge in [-0.2, -0.15) is 0 Å². The van der Waals surface area contributed by atoms with Crippen molar-refractivity contribution in [3.8, 4) is 0 Å². The van der Waals surface area contributed by atoms with Gasteiger partial charge in [0.15, 0.2) is 11.7 Å². The average molecular weight is 618 g/mol. The number of fused-ring (bicyclic) bond motifs is 1. The lowest BCUT2D eigenvalue weighted by molar-refractivity contribution is -0.139. The molecule has 0 fully saturated rings. The molecule has 45 heavy (non-hydrogen) atoms. The number of nitrogens with two attached hydrogens (primary N) is 2. The first-order valence-corrected chi connectivity index (χ1v) is 14.8. The number of nitrogens with one attached hydrogen (secondary N) is 2. The van der Waals surface area contributed by atoms with Crippen LogP contribution in [0.25, 0.3) is 0 Å². The predicted molar refractivity (Wildman–Crippen MR) is 167 cm³/mol. The summed E-state index contributed by atoms with van der Waals surface area (Å²) in [4.78, 5) is 60.5. The van der Waals surface area contributed by atoms with E-state index in [9.17, 15) is 24.3 Å². The van der Waals surface area contributed by atoms with Crippen molar-refractivity contribution >= 4 is 35.3 Å². The van der Waals surface area contributed by atoms with E-state index in [1.165, 1.54) is 0 Å². The van der Waals surface area contributed by atoms with E-state index < -0.39 is 29.9 Å². The Morgan fingerprint density at radius 3 is 2.42 bits per heavy atom. The molecule has 0 bridgehead atoms. The number of aliphatic carboxylic acids is 1. The molecule has 2 heterocycles. The van der Waals surface area contributed by atoms with Gasteiger partial charge in [-0.05, 0) is 61.4 Å². The molecule has 1 aliphatic heterocycles. The number of rotatable bonds is 14. The number of amides is 3. The van der Waals surface area contributed by atoms with Crippen LogP contribution in [0.15, 0.2) is 64.2 Å². The van der Waals surface area contributed by atoms with Crippen LogP contribution in [0.5, 0.6) is 0 Å². The number of carbonyl (C=O) groups is 4. The van der Waals surface area contributed by atoms with Crippen LogP contribution >= 0.6 is 0 Å². The Bertz CT molecular complexity index is 1560. The van der Waals surface area contributed by atoms with Gasteiger partial charge < -0.3 is 36.5 Å². The molecule has 1 aliphatic rings. The maximum absolute atomic E-state index is 13.4. The molecule has 1 unspecified atom stereocenters.